The number of ether oxygens (including phenoxy) is 2. The number of aromatic nitrogens is 3. The van der Waals surface area contributed by atoms with Gasteiger partial charge in [-0.25, -0.2) is 14.3 Å². The molecular formula is C25H25N5O3. The van der Waals surface area contributed by atoms with Gasteiger partial charge >= 0.3 is 6.09 Å². The summed E-state index contributed by atoms with van der Waals surface area (Å²) in [5.74, 6) is 0.476. The number of nitrogens with zero attached hydrogens (tertiary/aromatic N) is 3. The fourth-order valence-electron chi connectivity index (χ4n) is 4.25. The van der Waals surface area contributed by atoms with Gasteiger partial charge in [-0.15, -0.1) is 5.10 Å². The molecule has 4 aromatic rings. The van der Waals surface area contributed by atoms with Crippen molar-refractivity contribution in [3.63, 3.8) is 0 Å². The van der Waals surface area contributed by atoms with Crippen LogP contribution in [0.1, 0.15) is 31.7 Å². The molecular weight excluding hydrogens is 418 g/mol. The summed E-state index contributed by atoms with van der Waals surface area (Å²) in [6.45, 7) is 2.28. The zero-order valence-corrected chi connectivity index (χ0v) is 18.3. The smallest absolute Gasteiger partial charge is 0.411 e. The third-order valence-electron chi connectivity index (χ3n) is 6.06. The van der Waals surface area contributed by atoms with E-state index in [2.05, 4.69) is 17.2 Å². The first kappa shape index (κ1) is 21.0. The third kappa shape index (κ3) is 3.78. The van der Waals surface area contributed by atoms with Crippen molar-refractivity contribution in [1.29, 1.82) is 0 Å². The number of nitrogens with two attached hydrogens (primary N) is 2. The molecule has 1 fully saturated rings. The van der Waals surface area contributed by atoms with Gasteiger partial charge in [-0.05, 0) is 31.7 Å². The van der Waals surface area contributed by atoms with E-state index in [0.29, 0.717) is 18.0 Å². The highest BCUT2D eigenvalue weighted by Gasteiger charge is 2.34. The molecule has 8 nitrogen and oxygen atoms in total. The number of fused-ring (bicyclic) bond motifs is 1. The Kier molecular flexibility index (Phi) is 5.22. The van der Waals surface area contributed by atoms with E-state index in [1.165, 1.54) is 6.07 Å². The molecule has 0 bridgehead atoms. The SMILES string of the molecule is CCOc1cc(OC(N)=O)nn2c(-c3ccccc3)c(-c3ccc(C4(N)CCC4)cc3)nc12. The van der Waals surface area contributed by atoms with Gasteiger partial charge < -0.3 is 20.9 Å². The number of hydrogen-bond acceptors (Lipinski definition) is 6. The summed E-state index contributed by atoms with van der Waals surface area (Å²) in [5, 5.41) is 4.49. The van der Waals surface area contributed by atoms with Crippen LogP contribution in [-0.2, 0) is 5.54 Å². The van der Waals surface area contributed by atoms with Crippen molar-refractivity contribution in [1.82, 2.24) is 14.6 Å². The molecule has 1 amide bonds. The van der Waals surface area contributed by atoms with Crippen molar-refractivity contribution in [2.75, 3.05) is 6.61 Å². The summed E-state index contributed by atoms with van der Waals surface area (Å²) in [4.78, 5) is 16.3. The molecule has 8 heteroatoms. The molecule has 1 aliphatic rings. The lowest BCUT2D eigenvalue weighted by molar-refractivity contribution is 0.208. The second-order valence-corrected chi connectivity index (χ2v) is 8.20. The topological polar surface area (TPSA) is 118 Å². The minimum Gasteiger partial charge on any atom is -0.490 e. The zero-order valence-electron chi connectivity index (χ0n) is 18.3. The van der Waals surface area contributed by atoms with Crippen molar-refractivity contribution in [2.45, 2.75) is 31.7 Å². The van der Waals surface area contributed by atoms with Gasteiger partial charge in [-0.2, -0.15) is 0 Å². The maximum Gasteiger partial charge on any atom is 0.411 e. The number of rotatable bonds is 6. The van der Waals surface area contributed by atoms with Crippen LogP contribution in [0.5, 0.6) is 11.6 Å². The molecule has 2 heterocycles. The Morgan fingerprint density at radius 1 is 1.09 bits per heavy atom. The van der Waals surface area contributed by atoms with Gasteiger partial charge in [0.25, 0.3) is 0 Å². The van der Waals surface area contributed by atoms with Gasteiger partial charge in [0.15, 0.2) is 11.4 Å². The molecule has 0 saturated heterocycles. The standard InChI is InChI=1S/C25H25N5O3/c1-2-32-19-15-20(33-24(26)31)29-30-22(17-7-4-3-5-8-17)21(28-23(19)30)16-9-11-18(12-10-16)25(27)13-6-14-25/h3-5,7-12,15H,2,6,13-14,27H2,1H3,(H2,26,31). The highest BCUT2D eigenvalue weighted by Crippen LogP contribution is 2.40. The molecule has 5 rings (SSSR count). The number of primary amides is 1. The third-order valence-corrected chi connectivity index (χ3v) is 6.06. The average molecular weight is 444 g/mol. The van der Waals surface area contributed by atoms with Crippen LogP contribution in [0, 0.1) is 0 Å². The largest absolute Gasteiger partial charge is 0.490 e. The van der Waals surface area contributed by atoms with Crippen molar-refractivity contribution in [3.8, 4) is 34.1 Å². The summed E-state index contributed by atoms with van der Waals surface area (Å²) < 4.78 is 12.5. The van der Waals surface area contributed by atoms with Crippen molar-refractivity contribution >= 4 is 11.7 Å². The second-order valence-electron chi connectivity index (χ2n) is 8.20. The molecule has 1 saturated carbocycles. The average Bonchev–Trinajstić information content (AvgIpc) is 3.18. The molecule has 0 spiro atoms. The summed E-state index contributed by atoms with van der Waals surface area (Å²) in [7, 11) is 0. The first-order valence-corrected chi connectivity index (χ1v) is 11.0. The van der Waals surface area contributed by atoms with Crippen LogP contribution in [-0.4, -0.2) is 27.3 Å². The Bertz CT molecular complexity index is 1310. The Morgan fingerprint density at radius 3 is 2.42 bits per heavy atom. The summed E-state index contributed by atoms with van der Waals surface area (Å²) in [6, 6.07) is 19.6. The van der Waals surface area contributed by atoms with Gasteiger partial charge in [0, 0.05) is 22.7 Å². The van der Waals surface area contributed by atoms with Gasteiger partial charge in [0.05, 0.1) is 12.3 Å². The lowest BCUT2D eigenvalue weighted by Crippen LogP contribution is -2.43. The van der Waals surface area contributed by atoms with Crippen LogP contribution >= 0.6 is 0 Å². The molecule has 0 unspecified atom stereocenters. The maximum atomic E-state index is 11.4. The van der Waals surface area contributed by atoms with E-state index in [0.717, 1.165) is 47.3 Å². The fourth-order valence-corrected chi connectivity index (χ4v) is 4.25. The van der Waals surface area contributed by atoms with Crippen LogP contribution in [0.4, 0.5) is 4.79 Å². The number of carbonyl (C=O) groups excluding carboxylic acids is 1. The molecule has 33 heavy (non-hydrogen) atoms. The van der Waals surface area contributed by atoms with E-state index in [1.54, 1.807) is 4.52 Å². The summed E-state index contributed by atoms with van der Waals surface area (Å²) in [6.07, 6.45) is 2.21. The predicted octanol–water partition coefficient (Wildman–Crippen LogP) is 4.26. The molecule has 168 valence electrons. The number of benzene rings is 2. The highest BCUT2D eigenvalue weighted by atomic mass is 16.6. The monoisotopic (exact) mass is 443 g/mol. The Hall–Kier alpha value is -3.91. The van der Waals surface area contributed by atoms with Crippen molar-refractivity contribution < 1.29 is 14.3 Å². The van der Waals surface area contributed by atoms with E-state index in [9.17, 15) is 4.79 Å². The quantitative estimate of drug-likeness (QED) is 0.460. The van der Waals surface area contributed by atoms with E-state index in [4.69, 9.17) is 25.9 Å². The predicted molar refractivity (Wildman–Crippen MR) is 125 cm³/mol. The van der Waals surface area contributed by atoms with Crippen LogP contribution in [0.2, 0.25) is 0 Å². The fraction of sp³-hybridized carbons (Fsp3) is 0.240. The number of imidazole rings is 1. The van der Waals surface area contributed by atoms with E-state index < -0.39 is 6.09 Å². The van der Waals surface area contributed by atoms with Gasteiger partial charge in [-0.1, -0.05) is 54.6 Å². The second kappa shape index (κ2) is 8.22. The van der Waals surface area contributed by atoms with Crippen molar-refractivity contribution in [3.05, 3.63) is 66.2 Å². The Labute approximate surface area is 191 Å². The summed E-state index contributed by atoms with van der Waals surface area (Å²) in [5.41, 5.74) is 16.5. The summed E-state index contributed by atoms with van der Waals surface area (Å²) >= 11 is 0. The van der Waals surface area contributed by atoms with Crippen molar-refractivity contribution in [2.24, 2.45) is 11.5 Å². The number of hydrogen-bond donors (Lipinski definition) is 2. The Balaban J connectivity index is 1.72. The van der Waals surface area contributed by atoms with Crippen LogP contribution < -0.4 is 20.9 Å². The molecule has 1 aliphatic carbocycles. The van der Waals surface area contributed by atoms with E-state index in [1.807, 2.05) is 49.4 Å². The molecule has 0 radical (unpaired) electrons. The molecule has 4 N–H and O–H groups in total. The first-order chi connectivity index (χ1) is 16.0. The zero-order chi connectivity index (χ0) is 23.0. The first-order valence-electron chi connectivity index (χ1n) is 11.0. The van der Waals surface area contributed by atoms with Gasteiger partial charge in [0.2, 0.25) is 5.88 Å². The molecule has 0 atom stereocenters. The minimum absolute atomic E-state index is 0.0324. The van der Waals surface area contributed by atoms with Crippen LogP contribution in [0.3, 0.4) is 0 Å². The number of carbonyl (C=O) groups is 1. The molecule has 0 aliphatic heterocycles. The molecule has 2 aromatic carbocycles. The Morgan fingerprint density at radius 2 is 1.82 bits per heavy atom. The normalized spacial score (nSPS) is 14.6. The van der Waals surface area contributed by atoms with Crippen LogP contribution in [0.15, 0.2) is 60.7 Å². The minimum atomic E-state index is -0.951. The lowest BCUT2D eigenvalue weighted by atomic mass is 9.72. The maximum absolute atomic E-state index is 11.4. The lowest BCUT2D eigenvalue weighted by Gasteiger charge is -2.38. The van der Waals surface area contributed by atoms with Crippen LogP contribution in [0.25, 0.3) is 28.2 Å². The molecule has 2 aromatic heterocycles. The van der Waals surface area contributed by atoms with E-state index in [-0.39, 0.29) is 11.4 Å². The highest BCUT2D eigenvalue weighted by molar-refractivity contribution is 5.83. The number of amides is 1. The van der Waals surface area contributed by atoms with Gasteiger partial charge in [0.1, 0.15) is 5.69 Å². The van der Waals surface area contributed by atoms with E-state index >= 15 is 0 Å². The van der Waals surface area contributed by atoms with Gasteiger partial charge in [-0.3, -0.25) is 0 Å².